The van der Waals surface area contributed by atoms with Crippen LogP contribution in [0, 0.1) is 0 Å². The third-order valence-corrected chi connectivity index (χ3v) is 3.87. The number of rotatable bonds is 3. The lowest BCUT2D eigenvalue weighted by Crippen LogP contribution is -2.38. The van der Waals surface area contributed by atoms with Gasteiger partial charge >= 0.3 is 11.9 Å². The third kappa shape index (κ3) is 3.23. The molecule has 1 aliphatic rings. The number of nitrogens with one attached hydrogen (secondary N) is 1. The fourth-order valence-corrected chi connectivity index (χ4v) is 2.62. The monoisotopic (exact) mass is 345 g/mol. The Balaban J connectivity index is 1.74. The fraction of sp³-hybridized carbons (Fsp3) is 0.118. The molecule has 3 rings (SSSR count). The number of fused-ring (bicyclic) bond motifs is 1. The minimum absolute atomic E-state index is 0.112. The van der Waals surface area contributed by atoms with Gasteiger partial charge in [-0.3, -0.25) is 4.79 Å². The number of carboxylic acid groups (broad SMARTS) is 1. The van der Waals surface area contributed by atoms with Crippen molar-refractivity contribution < 1.29 is 24.2 Å². The van der Waals surface area contributed by atoms with Gasteiger partial charge in [0.1, 0.15) is 0 Å². The summed E-state index contributed by atoms with van der Waals surface area (Å²) in [7, 11) is 0. The van der Waals surface area contributed by atoms with Crippen molar-refractivity contribution in [3.63, 3.8) is 0 Å². The summed E-state index contributed by atoms with van der Waals surface area (Å²) < 4.78 is 5.16. The molecule has 2 N–H and O–H groups in total. The second kappa shape index (κ2) is 6.33. The molecule has 1 aliphatic heterocycles. The molecule has 0 aliphatic carbocycles. The zero-order chi connectivity index (χ0) is 17.3. The molecule has 0 spiro atoms. The Morgan fingerprint density at radius 3 is 2.54 bits per heavy atom. The molecule has 0 radical (unpaired) electrons. The predicted octanol–water partition coefficient (Wildman–Crippen LogP) is 2.76. The van der Waals surface area contributed by atoms with Gasteiger partial charge in [-0.25, -0.2) is 9.59 Å². The predicted molar refractivity (Wildman–Crippen MR) is 86.4 cm³/mol. The quantitative estimate of drug-likeness (QED) is 0.834. The van der Waals surface area contributed by atoms with Crippen LogP contribution in [-0.4, -0.2) is 29.1 Å². The van der Waals surface area contributed by atoms with Crippen LogP contribution in [0.1, 0.15) is 26.3 Å². The van der Waals surface area contributed by atoms with E-state index in [1.165, 1.54) is 24.3 Å². The number of hydrogen-bond acceptors (Lipinski definition) is 4. The number of carbonyl (C=O) groups excluding carboxylic acids is 2. The molecule has 2 aromatic carbocycles. The highest BCUT2D eigenvalue weighted by atomic mass is 35.5. The van der Waals surface area contributed by atoms with E-state index in [1.54, 1.807) is 18.2 Å². The Bertz CT molecular complexity index is 831. The molecule has 0 bridgehead atoms. The van der Waals surface area contributed by atoms with Gasteiger partial charge in [0, 0.05) is 17.1 Å². The van der Waals surface area contributed by atoms with E-state index in [1.807, 2.05) is 0 Å². The van der Waals surface area contributed by atoms with Gasteiger partial charge in [0.15, 0.2) is 6.10 Å². The van der Waals surface area contributed by atoms with Crippen molar-refractivity contribution in [2.24, 2.45) is 0 Å². The maximum absolute atomic E-state index is 12.3. The highest BCUT2D eigenvalue weighted by molar-refractivity contribution is 6.30. The number of cyclic esters (lactones) is 1. The molecule has 0 unspecified atom stereocenters. The number of esters is 1. The van der Waals surface area contributed by atoms with Gasteiger partial charge < -0.3 is 15.2 Å². The number of benzene rings is 2. The van der Waals surface area contributed by atoms with E-state index in [-0.39, 0.29) is 12.0 Å². The number of halogens is 1. The second-order valence-corrected chi connectivity index (χ2v) is 5.71. The number of ether oxygens (including phenoxy) is 1. The Labute approximate surface area is 142 Å². The Morgan fingerprint density at radius 1 is 1.17 bits per heavy atom. The first-order valence-corrected chi connectivity index (χ1v) is 7.45. The SMILES string of the molecule is O=C(O)c1ccc(NC(=O)[C@@H]2Cc3cc(Cl)ccc3C(=O)O2)cc1. The van der Waals surface area contributed by atoms with Crippen molar-refractivity contribution in [3.8, 4) is 0 Å². The minimum Gasteiger partial charge on any atom is -0.478 e. The number of amides is 1. The molecular weight excluding hydrogens is 334 g/mol. The van der Waals surface area contributed by atoms with E-state index in [0.717, 1.165) is 0 Å². The van der Waals surface area contributed by atoms with Gasteiger partial charge in [0.25, 0.3) is 5.91 Å². The van der Waals surface area contributed by atoms with Crippen LogP contribution in [0.25, 0.3) is 0 Å². The topological polar surface area (TPSA) is 92.7 Å². The Morgan fingerprint density at radius 2 is 1.88 bits per heavy atom. The summed E-state index contributed by atoms with van der Waals surface area (Å²) in [4.78, 5) is 35.1. The zero-order valence-electron chi connectivity index (χ0n) is 12.3. The maximum atomic E-state index is 12.3. The van der Waals surface area contributed by atoms with Crippen LogP contribution in [0.15, 0.2) is 42.5 Å². The highest BCUT2D eigenvalue weighted by Gasteiger charge is 2.31. The first kappa shape index (κ1) is 16.0. The molecule has 1 amide bonds. The average molecular weight is 346 g/mol. The van der Waals surface area contributed by atoms with E-state index >= 15 is 0 Å². The molecule has 2 aromatic rings. The number of carboxylic acids is 1. The lowest BCUT2D eigenvalue weighted by atomic mass is 9.98. The molecule has 24 heavy (non-hydrogen) atoms. The third-order valence-electron chi connectivity index (χ3n) is 3.63. The number of anilines is 1. The standard InChI is InChI=1S/C17H12ClNO5/c18-11-3-6-13-10(7-11)8-14(24-17(13)23)15(20)19-12-4-1-9(2-5-12)16(21)22/h1-7,14H,8H2,(H,19,20)(H,21,22)/t14-/m0/s1. The molecule has 0 aromatic heterocycles. The van der Waals surface area contributed by atoms with Crippen molar-refractivity contribution in [2.45, 2.75) is 12.5 Å². The van der Waals surface area contributed by atoms with E-state index in [0.29, 0.717) is 21.8 Å². The highest BCUT2D eigenvalue weighted by Crippen LogP contribution is 2.24. The molecule has 122 valence electrons. The molecule has 1 heterocycles. The van der Waals surface area contributed by atoms with Gasteiger partial charge in [0.2, 0.25) is 0 Å². The van der Waals surface area contributed by atoms with Gasteiger partial charge in [-0.2, -0.15) is 0 Å². The van der Waals surface area contributed by atoms with Gasteiger partial charge in [0.05, 0.1) is 11.1 Å². The Kier molecular flexibility index (Phi) is 4.22. The molecular formula is C17H12ClNO5. The van der Waals surface area contributed by atoms with Crippen molar-refractivity contribution in [1.82, 2.24) is 0 Å². The summed E-state index contributed by atoms with van der Waals surface area (Å²) in [5.41, 5.74) is 1.58. The summed E-state index contributed by atoms with van der Waals surface area (Å²) in [6.45, 7) is 0. The van der Waals surface area contributed by atoms with Crippen molar-refractivity contribution in [1.29, 1.82) is 0 Å². The van der Waals surface area contributed by atoms with Crippen molar-refractivity contribution >= 4 is 35.1 Å². The number of hydrogen-bond donors (Lipinski definition) is 2. The Hall–Kier alpha value is -2.86. The number of carbonyl (C=O) groups is 3. The lowest BCUT2D eigenvalue weighted by molar-refractivity contribution is -0.125. The summed E-state index contributed by atoms with van der Waals surface area (Å²) in [5, 5.41) is 11.9. The normalized spacial score (nSPS) is 16.0. The van der Waals surface area contributed by atoms with Crippen LogP contribution in [-0.2, 0) is 16.0 Å². The van der Waals surface area contributed by atoms with Crippen LogP contribution in [0.4, 0.5) is 5.69 Å². The van der Waals surface area contributed by atoms with Gasteiger partial charge in [-0.1, -0.05) is 11.6 Å². The van der Waals surface area contributed by atoms with Gasteiger partial charge in [-0.05, 0) is 48.0 Å². The average Bonchev–Trinajstić information content (AvgIpc) is 2.54. The molecule has 0 saturated heterocycles. The van der Waals surface area contributed by atoms with Crippen molar-refractivity contribution in [2.75, 3.05) is 5.32 Å². The number of aromatic carboxylic acids is 1. The van der Waals surface area contributed by atoms with E-state index < -0.39 is 23.9 Å². The van der Waals surface area contributed by atoms with Crippen LogP contribution in [0.5, 0.6) is 0 Å². The summed E-state index contributed by atoms with van der Waals surface area (Å²) in [5.74, 6) is -2.12. The summed E-state index contributed by atoms with van der Waals surface area (Å²) in [6, 6.07) is 10.5. The van der Waals surface area contributed by atoms with Crippen LogP contribution < -0.4 is 5.32 Å². The van der Waals surface area contributed by atoms with Crippen LogP contribution >= 0.6 is 11.6 Å². The maximum Gasteiger partial charge on any atom is 0.339 e. The largest absolute Gasteiger partial charge is 0.478 e. The van der Waals surface area contributed by atoms with E-state index in [2.05, 4.69) is 5.32 Å². The molecule has 0 fully saturated rings. The fourth-order valence-electron chi connectivity index (χ4n) is 2.43. The van der Waals surface area contributed by atoms with Gasteiger partial charge in [-0.15, -0.1) is 0 Å². The lowest BCUT2D eigenvalue weighted by Gasteiger charge is -2.24. The first-order valence-electron chi connectivity index (χ1n) is 7.07. The summed E-state index contributed by atoms with van der Waals surface area (Å²) in [6.07, 6.45) is -0.747. The molecule has 1 atom stereocenters. The molecule has 0 saturated carbocycles. The first-order chi connectivity index (χ1) is 11.4. The minimum atomic E-state index is -1.05. The second-order valence-electron chi connectivity index (χ2n) is 5.27. The zero-order valence-corrected chi connectivity index (χ0v) is 13.0. The molecule has 6 nitrogen and oxygen atoms in total. The van der Waals surface area contributed by atoms with Crippen LogP contribution in [0.3, 0.4) is 0 Å². The molecule has 7 heteroatoms. The smallest absolute Gasteiger partial charge is 0.339 e. The van der Waals surface area contributed by atoms with Crippen LogP contribution in [0.2, 0.25) is 5.02 Å². The van der Waals surface area contributed by atoms with E-state index in [9.17, 15) is 14.4 Å². The van der Waals surface area contributed by atoms with E-state index in [4.69, 9.17) is 21.4 Å². The van der Waals surface area contributed by atoms with Crippen molar-refractivity contribution in [3.05, 3.63) is 64.2 Å². The summed E-state index contributed by atoms with van der Waals surface area (Å²) >= 11 is 5.92.